The van der Waals surface area contributed by atoms with Crippen LogP contribution < -0.4 is 27.4 Å². The van der Waals surface area contributed by atoms with E-state index >= 15 is 0 Å². The van der Waals surface area contributed by atoms with Gasteiger partial charge in [0.1, 0.15) is 18.1 Å². The molecule has 0 saturated heterocycles. The van der Waals surface area contributed by atoms with E-state index in [9.17, 15) is 34.2 Å². The lowest BCUT2D eigenvalue weighted by molar-refractivity contribution is -0.142. The third-order valence-electron chi connectivity index (χ3n) is 4.16. The molecule has 4 unspecified atom stereocenters. The number of hydrogen-bond donors (Lipinski definition) is 7. The van der Waals surface area contributed by atoms with E-state index in [1.807, 2.05) is 0 Å². The summed E-state index contributed by atoms with van der Waals surface area (Å²) in [6, 6.07) is 3.25. The smallest absolute Gasteiger partial charge is 0.326 e. The second-order valence-corrected chi connectivity index (χ2v) is 6.85. The predicted octanol–water partition coefficient (Wildman–Crippen LogP) is -3.02. The second-order valence-electron chi connectivity index (χ2n) is 6.85. The maximum Gasteiger partial charge on any atom is 0.326 e. The summed E-state index contributed by atoms with van der Waals surface area (Å²) in [6.45, 7) is 0.560. The fourth-order valence-electron chi connectivity index (χ4n) is 2.50. The molecule has 0 aromatic heterocycles. The second kappa shape index (κ2) is 12.2. The molecule has 4 amide bonds. The van der Waals surface area contributed by atoms with Gasteiger partial charge in [0, 0.05) is 6.42 Å². The van der Waals surface area contributed by atoms with Crippen molar-refractivity contribution in [3.63, 3.8) is 0 Å². The number of carboxylic acids is 1. The molecule has 170 valence electrons. The number of amides is 4. The normalized spacial score (nSPS) is 14.4. The van der Waals surface area contributed by atoms with E-state index in [0.29, 0.717) is 5.56 Å². The highest BCUT2D eigenvalue weighted by Gasteiger charge is 2.30. The lowest BCUT2D eigenvalue weighted by Gasteiger charge is -2.23. The summed E-state index contributed by atoms with van der Waals surface area (Å²) in [5.74, 6) is -4.92. The molecule has 1 rings (SSSR count). The number of aliphatic hydroxyl groups excluding tert-OH is 1. The molecule has 0 spiro atoms. The zero-order valence-electron chi connectivity index (χ0n) is 16.9. The van der Waals surface area contributed by atoms with Gasteiger partial charge in [0.05, 0.1) is 19.1 Å². The summed E-state index contributed by atoms with van der Waals surface area (Å²) in [5.41, 5.74) is 11.2. The Kier molecular flexibility index (Phi) is 10.1. The molecular weight excluding hydrogens is 410 g/mol. The molecule has 0 aliphatic rings. The number of primary amides is 1. The summed E-state index contributed by atoms with van der Waals surface area (Å²) < 4.78 is 0. The summed E-state index contributed by atoms with van der Waals surface area (Å²) in [7, 11) is 0. The zero-order chi connectivity index (χ0) is 23.6. The number of carbonyl (C=O) groups is 5. The quantitative estimate of drug-likeness (QED) is 0.178. The Labute approximate surface area is 178 Å². The molecule has 4 atom stereocenters. The van der Waals surface area contributed by atoms with Crippen LogP contribution in [0, 0.1) is 0 Å². The van der Waals surface area contributed by atoms with Crippen LogP contribution in [0.4, 0.5) is 0 Å². The van der Waals surface area contributed by atoms with Gasteiger partial charge in [0.15, 0.2) is 0 Å². The number of nitrogens with one attached hydrogen (secondary N) is 3. The van der Waals surface area contributed by atoms with Crippen LogP contribution in [-0.2, 0) is 30.4 Å². The molecule has 0 saturated carbocycles. The molecule has 0 fully saturated rings. The first-order valence-corrected chi connectivity index (χ1v) is 9.37. The highest BCUT2D eigenvalue weighted by Crippen LogP contribution is 2.05. The Bertz CT molecular complexity index is 800. The Morgan fingerprint density at radius 3 is 1.90 bits per heavy atom. The predicted molar refractivity (Wildman–Crippen MR) is 108 cm³/mol. The van der Waals surface area contributed by atoms with Crippen LogP contribution in [0.25, 0.3) is 0 Å². The fourth-order valence-corrected chi connectivity index (χ4v) is 2.50. The standard InChI is InChI=1S/C19H27N5O7/c1-10(20)16(27)24-14(9-25)18(29)22-12(8-15(21)26)17(28)23-13(19(30)31)7-11-5-3-2-4-6-11/h2-6,10,12-14,25H,7-9,20H2,1H3,(H2,21,26)(H,22,29)(H,23,28)(H,24,27)(H,30,31). The Hall–Kier alpha value is -3.51. The van der Waals surface area contributed by atoms with E-state index in [4.69, 9.17) is 11.5 Å². The highest BCUT2D eigenvalue weighted by atomic mass is 16.4. The van der Waals surface area contributed by atoms with Crippen molar-refractivity contribution in [3.8, 4) is 0 Å². The molecule has 31 heavy (non-hydrogen) atoms. The van der Waals surface area contributed by atoms with E-state index < -0.39 is 66.8 Å². The van der Waals surface area contributed by atoms with Gasteiger partial charge in [0.2, 0.25) is 23.6 Å². The molecule has 0 aliphatic carbocycles. The minimum Gasteiger partial charge on any atom is -0.480 e. The van der Waals surface area contributed by atoms with E-state index in [-0.39, 0.29) is 6.42 Å². The van der Waals surface area contributed by atoms with Gasteiger partial charge in [-0.3, -0.25) is 19.2 Å². The first kappa shape index (κ1) is 25.5. The number of benzene rings is 1. The minimum atomic E-state index is -1.52. The summed E-state index contributed by atoms with van der Waals surface area (Å²) in [4.78, 5) is 59.5. The molecule has 12 heteroatoms. The number of aliphatic carboxylic acids is 1. The van der Waals surface area contributed by atoms with Gasteiger partial charge in [-0.15, -0.1) is 0 Å². The Morgan fingerprint density at radius 2 is 1.42 bits per heavy atom. The SMILES string of the molecule is CC(N)C(=O)NC(CO)C(=O)NC(CC(N)=O)C(=O)NC(Cc1ccccc1)C(=O)O. The summed E-state index contributed by atoms with van der Waals surface area (Å²) in [5, 5.41) is 25.4. The van der Waals surface area contributed by atoms with Crippen molar-refractivity contribution in [1.29, 1.82) is 0 Å². The lowest BCUT2D eigenvalue weighted by Crippen LogP contribution is -2.58. The minimum absolute atomic E-state index is 0.0388. The molecule has 9 N–H and O–H groups in total. The van der Waals surface area contributed by atoms with Crippen molar-refractivity contribution in [1.82, 2.24) is 16.0 Å². The molecule has 0 radical (unpaired) electrons. The van der Waals surface area contributed by atoms with E-state index in [1.54, 1.807) is 30.3 Å². The largest absolute Gasteiger partial charge is 0.480 e. The van der Waals surface area contributed by atoms with Crippen LogP contribution in [0.15, 0.2) is 30.3 Å². The number of nitrogens with two attached hydrogens (primary N) is 2. The summed E-state index contributed by atoms with van der Waals surface area (Å²) >= 11 is 0. The number of rotatable bonds is 12. The third kappa shape index (κ3) is 8.80. The average Bonchev–Trinajstić information content (AvgIpc) is 2.70. The molecule has 1 aromatic carbocycles. The molecule has 0 heterocycles. The van der Waals surface area contributed by atoms with Gasteiger partial charge in [-0.25, -0.2) is 4.79 Å². The van der Waals surface area contributed by atoms with Gasteiger partial charge in [-0.2, -0.15) is 0 Å². The van der Waals surface area contributed by atoms with E-state index in [1.165, 1.54) is 6.92 Å². The van der Waals surface area contributed by atoms with Crippen LogP contribution in [0.5, 0.6) is 0 Å². The van der Waals surface area contributed by atoms with Crippen LogP contribution in [0.3, 0.4) is 0 Å². The Morgan fingerprint density at radius 1 is 0.903 bits per heavy atom. The van der Waals surface area contributed by atoms with E-state index in [0.717, 1.165) is 0 Å². The number of carboxylic acid groups (broad SMARTS) is 1. The molecule has 0 bridgehead atoms. The van der Waals surface area contributed by atoms with E-state index in [2.05, 4.69) is 16.0 Å². The topological polar surface area (TPSA) is 214 Å². The highest BCUT2D eigenvalue weighted by molar-refractivity contribution is 5.96. The average molecular weight is 437 g/mol. The number of aliphatic hydroxyl groups is 1. The monoisotopic (exact) mass is 437 g/mol. The Balaban J connectivity index is 2.91. The first-order valence-electron chi connectivity index (χ1n) is 9.37. The fraction of sp³-hybridized carbons (Fsp3) is 0.421. The van der Waals surface area contributed by atoms with Crippen LogP contribution in [-0.4, -0.2) is 70.6 Å². The van der Waals surface area contributed by atoms with Crippen molar-refractivity contribution in [2.75, 3.05) is 6.61 Å². The molecule has 1 aromatic rings. The van der Waals surface area contributed by atoms with Crippen molar-refractivity contribution in [2.45, 2.75) is 43.9 Å². The summed E-state index contributed by atoms with van der Waals surface area (Å²) in [6.07, 6.45) is -0.669. The molecule has 12 nitrogen and oxygen atoms in total. The maximum atomic E-state index is 12.6. The number of hydrogen-bond acceptors (Lipinski definition) is 7. The van der Waals surface area contributed by atoms with Crippen molar-refractivity contribution in [2.24, 2.45) is 11.5 Å². The third-order valence-corrected chi connectivity index (χ3v) is 4.16. The van der Waals surface area contributed by atoms with Gasteiger partial charge in [-0.05, 0) is 12.5 Å². The lowest BCUT2D eigenvalue weighted by atomic mass is 10.0. The number of carbonyl (C=O) groups excluding carboxylic acids is 4. The molecular formula is C19H27N5O7. The van der Waals surface area contributed by atoms with Gasteiger partial charge < -0.3 is 37.6 Å². The maximum absolute atomic E-state index is 12.6. The zero-order valence-corrected chi connectivity index (χ0v) is 16.9. The van der Waals surface area contributed by atoms with Gasteiger partial charge in [-0.1, -0.05) is 30.3 Å². The van der Waals surface area contributed by atoms with Gasteiger partial charge >= 0.3 is 5.97 Å². The van der Waals surface area contributed by atoms with Crippen LogP contribution in [0.2, 0.25) is 0 Å². The van der Waals surface area contributed by atoms with Gasteiger partial charge in [0.25, 0.3) is 0 Å². The van der Waals surface area contributed by atoms with Crippen molar-refractivity contribution in [3.05, 3.63) is 35.9 Å². The van der Waals surface area contributed by atoms with Crippen molar-refractivity contribution < 1.29 is 34.2 Å². The van der Waals surface area contributed by atoms with Crippen LogP contribution >= 0.6 is 0 Å². The van der Waals surface area contributed by atoms with Crippen molar-refractivity contribution >= 4 is 29.6 Å². The van der Waals surface area contributed by atoms with Crippen LogP contribution in [0.1, 0.15) is 18.9 Å². The first-order chi connectivity index (χ1) is 14.5. The molecule has 0 aliphatic heterocycles.